The van der Waals surface area contributed by atoms with Crippen molar-refractivity contribution >= 4 is 38.6 Å². The van der Waals surface area contributed by atoms with Crippen LogP contribution in [-0.4, -0.2) is 52.9 Å². The molecular weight excluding hydrogens is 336 g/mol. The minimum Gasteiger partial charge on any atom is -0.325 e. The Balaban J connectivity index is 1.55. The molecule has 0 bridgehead atoms. The lowest BCUT2D eigenvalue weighted by atomic mass is 9.96. The predicted molar refractivity (Wildman–Crippen MR) is 101 cm³/mol. The molecule has 3 amide bonds. The second-order valence-corrected chi connectivity index (χ2v) is 7.22. The van der Waals surface area contributed by atoms with Gasteiger partial charge in [-0.05, 0) is 38.8 Å². The Hall–Kier alpha value is -2.15. The maximum Gasteiger partial charge on any atom is 0.319 e. The molecule has 1 saturated heterocycles. The molecule has 2 heterocycles. The molecule has 0 aliphatic carbocycles. The second-order valence-electron chi connectivity index (χ2n) is 6.19. The number of rotatable bonds is 4. The Morgan fingerprint density at radius 2 is 1.92 bits per heavy atom. The second kappa shape index (κ2) is 7.82. The van der Waals surface area contributed by atoms with E-state index in [0.29, 0.717) is 44.2 Å². The number of likely N-dealkylation sites (tertiary alicyclic amines) is 1. The maximum atomic E-state index is 12.5. The maximum absolute atomic E-state index is 12.5. The number of nitrogens with zero attached hydrogens (tertiary/aromatic N) is 3. The van der Waals surface area contributed by atoms with Crippen molar-refractivity contribution in [1.82, 2.24) is 14.8 Å². The number of carbonyl (C=O) groups excluding carboxylic acids is 2. The highest BCUT2D eigenvalue weighted by atomic mass is 32.1. The van der Waals surface area contributed by atoms with Crippen molar-refractivity contribution in [3.8, 4) is 0 Å². The lowest BCUT2D eigenvalue weighted by Gasteiger charge is -2.34. The average molecular weight is 360 g/mol. The highest BCUT2D eigenvalue weighted by Gasteiger charge is 2.29. The molecule has 1 aromatic heterocycles. The molecule has 6 nitrogen and oxygen atoms in total. The fraction of sp³-hybridized carbons (Fsp3) is 0.500. The number of benzene rings is 1. The minimum absolute atomic E-state index is 0.00833. The van der Waals surface area contributed by atoms with Crippen LogP contribution >= 0.6 is 11.3 Å². The number of para-hydroxylation sites is 1. The Morgan fingerprint density at radius 3 is 2.56 bits per heavy atom. The quantitative estimate of drug-likeness (QED) is 0.909. The van der Waals surface area contributed by atoms with Crippen LogP contribution in [0.3, 0.4) is 0 Å². The molecule has 0 saturated carbocycles. The molecule has 3 rings (SSSR count). The van der Waals surface area contributed by atoms with E-state index in [1.165, 1.54) is 11.3 Å². The standard InChI is InChI=1S/C18H24N4O2S/c1-3-21(4-2)18(24)22-11-9-13(10-12-22)16(23)20-17-19-14-7-5-6-8-15(14)25-17/h5-8,13H,3-4,9-12H2,1-2H3,(H,19,20,23). The zero-order chi connectivity index (χ0) is 17.8. The van der Waals surface area contributed by atoms with Crippen molar-refractivity contribution in [2.75, 3.05) is 31.5 Å². The summed E-state index contributed by atoms with van der Waals surface area (Å²) in [6, 6.07) is 7.93. The number of amides is 3. The number of thiazole rings is 1. The van der Waals surface area contributed by atoms with E-state index >= 15 is 0 Å². The van der Waals surface area contributed by atoms with Crippen LogP contribution in [0.1, 0.15) is 26.7 Å². The van der Waals surface area contributed by atoms with Crippen LogP contribution < -0.4 is 5.32 Å². The number of fused-ring (bicyclic) bond motifs is 1. The molecule has 0 unspecified atom stereocenters. The van der Waals surface area contributed by atoms with Gasteiger partial charge in [-0.15, -0.1) is 0 Å². The first-order chi connectivity index (χ1) is 12.1. The number of piperidine rings is 1. The van der Waals surface area contributed by atoms with Gasteiger partial charge in [-0.3, -0.25) is 4.79 Å². The SMILES string of the molecule is CCN(CC)C(=O)N1CCC(C(=O)Nc2nc3ccccc3s2)CC1. The number of aromatic nitrogens is 1. The van der Waals surface area contributed by atoms with Gasteiger partial charge in [-0.1, -0.05) is 23.5 Å². The lowest BCUT2D eigenvalue weighted by Crippen LogP contribution is -2.47. The Kier molecular flexibility index (Phi) is 5.53. The molecule has 2 aromatic rings. The van der Waals surface area contributed by atoms with Crippen LogP contribution in [0.4, 0.5) is 9.93 Å². The number of carbonyl (C=O) groups is 2. The lowest BCUT2D eigenvalue weighted by molar-refractivity contribution is -0.121. The fourth-order valence-corrected chi connectivity index (χ4v) is 4.03. The van der Waals surface area contributed by atoms with E-state index in [2.05, 4.69) is 10.3 Å². The predicted octanol–water partition coefficient (Wildman–Crippen LogP) is 3.41. The first-order valence-electron chi connectivity index (χ1n) is 8.82. The molecule has 1 aromatic carbocycles. The van der Waals surface area contributed by atoms with Crippen molar-refractivity contribution in [2.45, 2.75) is 26.7 Å². The van der Waals surface area contributed by atoms with Crippen LogP contribution in [0.2, 0.25) is 0 Å². The Labute approximate surface area is 151 Å². The summed E-state index contributed by atoms with van der Waals surface area (Å²) in [5.74, 6) is -0.0539. The summed E-state index contributed by atoms with van der Waals surface area (Å²) in [5.41, 5.74) is 0.905. The van der Waals surface area contributed by atoms with Gasteiger partial charge in [0.25, 0.3) is 0 Å². The van der Waals surface area contributed by atoms with Gasteiger partial charge in [0.1, 0.15) is 0 Å². The molecule has 134 valence electrons. The summed E-state index contributed by atoms with van der Waals surface area (Å²) in [4.78, 5) is 33.0. The molecule has 25 heavy (non-hydrogen) atoms. The molecular formula is C18H24N4O2S. The molecule has 7 heteroatoms. The number of hydrogen-bond donors (Lipinski definition) is 1. The average Bonchev–Trinajstić information content (AvgIpc) is 3.05. The van der Waals surface area contributed by atoms with Gasteiger partial charge in [0, 0.05) is 32.1 Å². The van der Waals surface area contributed by atoms with Gasteiger partial charge in [0.2, 0.25) is 5.91 Å². The van der Waals surface area contributed by atoms with Crippen LogP contribution in [-0.2, 0) is 4.79 Å². The normalized spacial score (nSPS) is 15.4. The summed E-state index contributed by atoms with van der Waals surface area (Å²) < 4.78 is 1.07. The van der Waals surface area contributed by atoms with E-state index < -0.39 is 0 Å². The van der Waals surface area contributed by atoms with Crippen molar-refractivity contribution < 1.29 is 9.59 Å². The summed E-state index contributed by atoms with van der Waals surface area (Å²) in [5, 5.41) is 3.59. The molecule has 1 N–H and O–H groups in total. The monoisotopic (exact) mass is 360 g/mol. The molecule has 0 atom stereocenters. The van der Waals surface area contributed by atoms with Crippen molar-refractivity contribution in [1.29, 1.82) is 0 Å². The third-order valence-electron chi connectivity index (χ3n) is 4.69. The van der Waals surface area contributed by atoms with E-state index in [1.54, 1.807) is 0 Å². The van der Waals surface area contributed by atoms with E-state index in [9.17, 15) is 9.59 Å². The van der Waals surface area contributed by atoms with E-state index in [0.717, 1.165) is 10.2 Å². The number of urea groups is 1. The molecule has 0 spiro atoms. The first-order valence-corrected chi connectivity index (χ1v) is 9.64. The molecule has 1 aliphatic heterocycles. The van der Waals surface area contributed by atoms with Gasteiger partial charge in [0.05, 0.1) is 10.2 Å². The van der Waals surface area contributed by atoms with Gasteiger partial charge >= 0.3 is 6.03 Å². The zero-order valence-corrected chi connectivity index (χ0v) is 15.5. The Morgan fingerprint density at radius 1 is 1.24 bits per heavy atom. The van der Waals surface area contributed by atoms with Gasteiger partial charge in [0.15, 0.2) is 5.13 Å². The highest BCUT2D eigenvalue weighted by molar-refractivity contribution is 7.22. The van der Waals surface area contributed by atoms with Crippen molar-refractivity contribution in [3.63, 3.8) is 0 Å². The number of nitrogens with one attached hydrogen (secondary N) is 1. The fourth-order valence-electron chi connectivity index (χ4n) is 3.16. The molecule has 0 radical (unpaired) electrons. The van der Waals surface area contributed by atoms with Crippen LogP contribution in [0.5, 0.6) is 0 Å². The largest absolute Gasteiger partial charge is 0.325 e. The van der Waals surface area contributed by atoms with E-state index in [4.69, 9.17) is 0 Å². The van der Waals surface area contributed by atoms with Gasteiger partial charge in [-0.2, -0.15) is 0 Å². The third kappa shape index (κ3) is 3.92. The topological polar surface area (TPSA) is 65.5 Å². The van der Waals surface area contributed by atoms with Crippen molar-refractivity contribution in [2.24, 2.45) is 5.92 Å². The summed E-state index contributed by atoms with van der Waals surface area (Å²) in [7, 11) is 0. The molecule has 1 aliphatic rings. The Bertz CT molecular complexity index is 715. The zero-order valence-electron chi connectivity index (χ0n) is 14.7. The first kappa shape index (κ1) is 17.7. The summed E-state index contributed by atoms with van der Waals surface area (Å²) >= 11 is 1.49. The smallest absolute Gasteiger partial charge is 0.319 e. The molecule has 1 fully saturated rings. The highest BCUT2D eigenvalue weighted by Crippen LogP contribution is 2.27. The van der Waals surface area contributed by atoms with Crippen LogP contribution in [0.15, 0.2) is 24.3 Å². The number of anilines is 1. The van der Waals surface area contributed by atoms with E-state index in [-0.39, 0.29) is 17.9 Å². The third-order valence-corrected chi connectivity index (χ3v) is 5.65. The van der Waals surface area contributed by atoms with Gasteiger partial charge in [-0.25, -0.2) is 9.78 Å². The van der Waals surface area contributed by atoms with E-state index in [1.807, 2.05) is 47.9 Å². The summed E-state index contributed by atoms with van der Waals surface area (Å²) in [6.45, 7) is 6.67. The van der Waals surface area contributed by atoms with Crippen LogP contribution in [0, 0.1) is 5.92 Å². The van der Waals surface area contributed by atoms with Crippen molar-refractivity contribution in [3.05, 3.63) is 24.3 Å². The van der Waals surface area contributed by atoms with Crippen LogP contribution in [0.25, 0.3) is 10.2 Å². The number of hydrogen-bond acceptors (Lipinski definition) is 4. The minimum atomic E-state index is -0.0623. The summed E-state index contributed by atoms with van der Waals surface area (Å²) in [6.07, 6.45) is 1.40. The van der Waals surface area contributed by atoms with Gasteiger partial charge < -0.3 is 15.1 Å².